The molecule has 0 heterocycles. The molecule has 7 heteroatoms. The quantitative estimate of drug-likeness (QED) is 0.637. The number of nitrogens with zero attached hydrogens (tertiary/aromatic N) is 1. The fraction of sp³-hybridized carbons (Fsp3) is 0.467. The molecule has 1 aromatic carbocycles. The van der Waals surface area contributed by atoms with Crippen LogP contribution in [0.2, 0.25) is 0 Å². The van der Waals surface area contributed by atoms with E-state index in [0.29, 0.717) is 24.5 Å². The summed E-state index contributed by atoms with van der Waals surface area (Å²) in [5, 5.41) is 5.83. The third-order valence-electron chi connectivity index (χ3n) is 2.94. The minimum absolute atomic E-state index is 0.0525. The number of thioether (sulfide) groups is 1. The molecule has 2 amide bonds. The van der Waals surface area contributed by atoms with Gasteiger partial charge < -0.3 is 15.5 Å². The van der Waals surface area contributed by atoms with E-state index in [1.807, 2.05) is 31.3 Å². The van der Waals surface area contributed by atoms with Crippen molar-refractivity contribution in [1.29, 1.82) is 0 Å². The van der Waals surface area contributed by atoms with Gasteiger partial charge in [0.2, 0.25) is 11.8 Å². The topological polar surface area (TPSA) is 61.4 Å². The molecular weight excluding hydrogens is 366 g/mol. The smallest absolute Gasteiger partial charge is 0.234 e. The zero-order chi connectivity index (χ0) is 16.4. The number of benzene rings is 1. The monoisotopic (exact) mass is 387 g/mol. The van der Waals surface area contributed by atoms with E-state index in [1.54, 1.807) is 11.9 Å². The van der Waals surface area contributed by atoms with Crippen molar-refractivity contribution in [2.45, 2.75) is 6.42 Å². The van der Waals surface area contributed by atoms with Crippen molar-refractivity contribution in [1.82, 2.24) is 10.2 Å². The molecule has 0 aliphatic heterocycles. The number of carbonyl (C=O) groups excluding carboxylic acids is 2. The van der Waals surface area contributed by atoms with Crippen LogP contribution in [0.5, 0.6) is 0 Å². The van der Waals surface area contributed by atoms with E-state index >= 15 is 0 Å². The lowest BCUT2D eigenvalue weighted by molar-refractivity contribution is -0.129. The van der Waals surface area contributed by atoms with Crippen molar-refractivity contribution in [3.8, 4) is 0 Å². The summed E-state index contributed by atoms with van der Waals surface area (Å²) in [6.07, 6.45) is 0.455. The summed E-state index contributed by atoms with van der Waals surface area (Å²) < 4.78 is 0.973. The van der Waals surface area contributed by atoms with Crippen LogP contribution in [0.1, 0.15) is 6.42 Å². The highest BCUT2D eigenvalue weighted by Crippen LogP contribution is 2.14. The van der Waals surface area contributed by atoms with Crippen LogP contribution in [0.15, 0.2) is 28.7 Å². The molecule has 0 atom stereocenters. The maximum absolute atomic E-state index is 11.8. The van der Waals surface area contributed by atoms with Crippen LogP contribution in [-0.2, 0) is 9.59 Å². The number of halogens is 1. The highest BCUT2D eigenvalue weighted by atomic mass is 79.9. The van der Waals surface area contributed by atoms with Gasteiger partial charge >= 0.3 is 0 Å². The summed E-state index contributed by atoms with van der Waals surface area (Å²) in [6.45, 7) is 1.48. The average molecular weight is 388 g/mol. The molecular formula is C15H22BrN3O2S. The van der Waals surface area contributed by atoms with E-state index in [0.717, 1.165) is 16.7 Å². The molecule has 0 unspecified atom stereocenters. The number of rotatable bonds is 9. The second-order valence-corrected chi connectivity index (χ2v) is 6.80. The van der Waals surface area contributed by atoms with Gasteiger partial charge in [0.25, 0.3) is 0 Å². The standard InChI is InChI=1S/C15H22BrN3O2S/c1-17-8-9-19(2)15(21)7-10-22-11-14(20)18-13-5-3-12(16)4-6-13/h3-6,17H,7-11H2,1-2H3,(H,18,20). The maximum Gasteiger partial charge on any atom is 0.234 e. The Morgan fingerprint density at radius 3 is 2.59 bits per heavy atom. The molecule has 0 bridgehead atoms. The van der Waals surface area contributed by atoms with E-state index in [9.17, 15) is 9.59 Å². The lowest BCUT2D eigenvalue weighted by Gasteiger charge is -2.16. The van der Waals surface area contributed by atoms with Gasteiger partial charge in [0.05, 0.1) is 5.75 Å². The molecule has 22 heavy (non-hydrogen) atoms. The molecule has 0 radical (unpaired) electrons. The van der Waals surface area contributed by atoms with E-state index in [-0.39, 0.29) is 11.8 Å². The third-order valence-corrected chi connectivity index (χ3v) is 4.43. The number of likely N-dealkylation sites (N-methyl/N-ethyl adjacent to an activating group) is 2. The fourth-order valence-electron chi connectivity index (χ4n) is 1.65. The van der Waals surface area contributed by atoms with Crippen molar-refractivity contribution >= 4 is 45.2 Å². The molecule has 5 nitrogen and oxygen atoms in total. The first-order valence-corrected chi connectivity index (χ1v) is 8.99. The Morgan fingerprint density at radius 2 is 1.95 bits per heavy atom. The van der Waals surface area contributed by atoms with Gasteiger partial charge in [0.15, 0.2) is 0 Å². The lowest BCUT2D eigenvalue weighted by atomic mass is 10.3. The van der Waals surface area contributed by atoms with Gasteiger partial charge in [-0.3, -0.25) is 9.59 Å². The van der Waals surface area contributed by atoms with E-state index in [2.05, 4.69) is 26.6 Å². The Kier molecular flexibility index (Phi) is 9.19. The number of anilines is 1. The van der Waals surface area contributed by atoms with Crippen LogP contribution >= 0.6 is 27.7 Å². The van der Waals surface area contributed by atoms with E-state index in [4.69, 9.17) is 0 Å². The van der Waals surface area contributed by atoms with Gasteiger partial charge in [-0.15, -0.1) is 0 Å². The zero-order valence-electron chi connectivity index (χ0n) is 12.9. The Morgan fingerprint density at radius 1 is 1.27 bits per heavy atom. The highest BCUT2D eigenvalue weighted by molar-refractivity contribution is 9.10. The van der Waals surface area contributed by atoms with Crippen molar-refractivity contribution in [2.24, 2.45) is 0 Å². The van der Waals surface area contributed by atoms with Gasteiger partial charge in [-0.1, -0.05) is 15.9 Å². The summed E-state index contributed by atoms with van der Waals surface area (Å²) in [7, 11) is 3.66. The third kappa shape index (κ3) is 7.82. The minimum atomic E-state index is -0.0525. The second kappa shape index (κ2) is 10.6. The summed E-state index contributed by atoms with van der Waals surface area (Å²) in [5.41, 5.74) is 0.775. The second-order valence-electron chi connectivity index (χ2n) is 4.78. The molecule has 1 aromatic rings. The van der Waals surface area contributed by atoms with Crippen LogP contribution in [0, 0.1) is 0 Å². The highest BCUT2D eigenvalue weighted by Gasteiger charge is 2.08. The van der Waals surface area contributed by atoms with Crippen molar-refractivity contribution in [2.75, 3.05) is 44.0 Å². The number of carbonyl (C=O) groups is 2. The summed E-state index contributed by atoms with van der Waals surface area (Å²) in [5.74, 6) is 1.06. The molecule has 2 N–H and O–H groups in total. The summed E-state index contributed by atoms with van der Waals surface area (Å²) in [4.78, 5) is 25.3. The SMILES string of the molecule is CNCCN(C)C(=O)CCSCC(=O)Nc1ccc(Br)cc1. The Labute approximate surface area is 144 Å². The first-order chi connectivity index (χ1) is 10.5. The predicted octanol–water partition coefficient (Wildman–Crippen LogP) is 2.19. The van der Waals surface area contributed by atoms with E-state index < -0.39 is 0 Å². The van der Waals surface area contributed by atoms with E-state index in [1.165, 1.54) is 11.8 Å². The van der Waals surface area contributed by atoms with Gasteiger partial charge in [0.1, 0.15) is 0 Å². The lowest BCUT2D eigenvalue weighted by Crippen LogP contribution is -2.33. The molecule has 122 valence electrons. The van der Waals surface area contributed by atoms with Gasteiger partial charge in [-0.05, 0) is 31.3 Å². The molecule has 1 rings (SSSR count). The predicted molar refractivity (Wildman–Crippen MR) is 96.3 cm³/mol. The Hall–Kier alpha value is -1.05. The van der Waals surface area contributed by atoms with Crippen LogP contribution < -0.4 is 10.6 Å². The van der Waals surface area contributed by atoms with Crippen LogP contribution in [0.25, 0.3) is 0 Å². The zero-order valence-corrected chi connectivity index (χ0v) is 15.3. The van der Waals surface area contributed by atoms with Crippen LogP contribution in [0.4, 0.5) is 5.69 Å². The molecule has 0 aromatic heterocycles. The summed E-state index contributed by atoms with van der Waals surface area (Å²) in [6, 6.07) is 7.44. The Bertz CT molecular complexity index is 482. The first-order valence-electron chi connectivity index (χ1n) is 7.04. The molecule has 0 aliphatic rings. The summed E-state index contributed by atoms with van der Waals surface area (Å²) >= 11 is 4.82. The fourth-order valence-corrected chi connectivity index (χ4v) is 2.63. The Balaban J connectivity index is 2.17. The molecule has 0 saturated carbocycles. The number of hydrogen-bond acceptors (Lipinski definition) is 4. The van der Waals surface area contributed by atoms with Gasteiger partial charge in [-0.25, -0.2) is 0 Å². The van der Waals surface area contributed by atoms with Crippen molar-refractivity contribution in [3.05, 3.63) is 28.7 Å². The van der Waals surface area contributed by atoms with Gasteiger partial charge in [0, 0.05) is 42.5 Å². The minimum Gasteiger partial charge on any atom is -0.344 e. The van der Waals surface area contributed by atoms with Crippen LogP contribution in [-0.4, -0.2) is 55.4 Å². The average Bonchev–Trinajstić information content (AvgIpc) is 2.51. The number of amides is 2. The molecule has 0 spiro atoms. The maximum atomic E-state index is 11.8. The molecule has 0 fully saturated rings. The van der Waals surface area contributed by atoms with Crippen molar-refractivity contribution in [3.63, 3.8) is 0 Å². The number of nitrogens with one attached hydrogen (secondary N) is 2. The van der Waals surface area contributed by atoms with Crippen LogP contribution in [0.3, 0.4) is 0 Å². The van der Waals surface area contributed by atoms with Gasteiger partial charge in [-0.2, -0.15) is 11.8 Å². The largest absolute Gasteiger partial charge is 0.344 e. The normalized spacial score (nSPS) is 10.3. The van der Waals surface area contributed by atoms with Crippen molar-refractivity contribution < 1.29 is 9.59 Å². The molecule has 0 aliphatic carbocycles. The number of hydrogen-bond donors (Lipinski definition) is 2. The molecule has 0 saturated heterocycles. The first kappa shape index (κ1) is 19.0.